The molecule has 1 aliphatic heterocycles. The maximum atomic E-state index is 12.8. The van der Waals surface area contributed by atoms with Crippen molar-refractivity contribution in [2.45, 2.75) is 137 Å². The minimum atomic E-state index is -4.42. The molecule has 1 heterocycles. The van der Waals surface area contributed by atoms with Crippen LogP contribution < -0.4 is 10.6 Å². The third kappa shape index (κ3) is 14.6. The number of nitrogens with zero attached hydrogens (tertiary/aromatic N) is 1. The molecule has 256 valence electrons. The van der Waals surface area contributed by atoms with Gasteiger partial charge in [-0.15, -0.1) is 0 Å². The molecule has 2 aliphatic rings. The summed E-state index contributed by atoms with van der Waals surface area (Å²) in [5, 5.41) is 7.10. The lowest BCUT2D eigenvalue weighted by atomic mass is 9.87. The molecule has 1 saturated heterocycles. The van der Waals surface area contributed by atoms with Crippen LogP contribution in [0.4, 0.5) is 0 Å². The fourth-order valence-electron chi connectivity index (χ4n) is 6.41. The van der Waals surface area contributed by atoms with Crippen LogP contribution >= 0.6 is 15.6 Å². The van der Waals surface area contributed by atoms with Crippen molar-refractivity contribution in [1.29, 1.82) is 0 Å². The number of phosphoric acid groups is 2. The van der Waals surface area contributed by atoms with Crippen molar-refractivity contribution < 1.29 is 41.7 Å². The van der Waals surface area contributed by atoms with Gasteiger partial charge in [0.2, 0.25) is 0 Å². The third-order valence-corrected chi connectivity index (χ3v) is 9.96. The van der Waals surface area contributed by atoms with E-state index in [1.807, 2.05) is 0 Å². The Labute approximate surface area is 260 Å². The van der Waals surface area contributed by atoms with Gasteiger partial charge in [0.25, 0.3) is 0 Å². The van der Waals surface area contributed by atoms with E-state index in [0.717, 1.165) is 25.8 Å². The van der Waals surface area contributed by atoms with Crippen molar-refractivity contribution in [1.82, 2.24) is 15.5 Å². The van der Waals surface area contributed by atoms with Crippen molar-refractivity contribution in [2.75, 3.05) is 33.0 Å². The number of likely N-dealkylation sites (tertiary alicyclic amines) is 1. The smallest absolute Gasteiger partial charge is 0.371 e. The lowest BCUT2D eigenvalue weighted by molar-refractivity contribution is -0.0514. The highest BCUT2D eigenvalue weighted by Crippen LogP contribution is 2.47. The van der Waals surface area contributed by atoms with E-state index in [0.29, 0.717) is 30.0 Å². The van der Waals surface area contributed by atoms with Crippen LogP contribution in [0.2, 0.25) is 0 Å². The van der Waals surface area contributed by atoms with Gasteiger partial charge in [-0.2, -0.15) is 0 Å². The molecule has 0 radical (unpaired) electrons. The summed E-state index contributed by atoms with van der Waals surface area (Å²) in [6, 6.07) is 1.54. The fraction of sp³-hybridized carbons (Fsp3) is 1.00. The molecule has 0 bridgehead atoms. The Hall–Kier alpha value is 0.0600. The first-order valence-electron chi connectivity index (χ1n) is 16.0. The Bertz CT molecular complexity index is 842. The van der Waals surface area contributed by atoms with Crippen molar-refractivity contribution >= 4 is 15.6 Å². The molecule has 2 rings (SSSR count). The first kappa shape index (κ1) is 39.2. The van der Waals surface area contributed by atoms with E-state index < -0.39 is 21.7 Å². The predicted octanol–water partition coefficient (Wildman–Crippen LogP) is 4.95. The number of nitrogens with one attached hydrogen (secondary N) is 2. The van der Waals surface area contributed by atoms with Crippen LogP contribution in [0.3, 0.4) is 0 Å². The molecule has 14 heteroatoms. The second-order valence-electron chi connectivity index (χ2n) is 13.8. The first-order chi connectivity index (χ1) is 19.9. The molecule has 0 aromatic heterocycles. The Balaban J connectivity index is 1.88. The summed E-state index contributed by atoms with van der Waals surface area (Å²) in [4.78, 5) is 23.1. The van der Waals surface area contributed by atoms with E-state index in [1.54, 1.807) is 13.8 Å². The van der Waals surface area contributed by atoms with Gasteiger partial charge in [0.15, 0.2) is 0 Å². The maximum Gasteiger partial charge on any atom is 0.472 e. The summed E-state index contributed by atoms with van der Waals surface area (Å²) < 4.78 is 52.7. The third-order valence-electron chi connectivity index (χ3n) is 8.06. The summed E-state index contributed by atoms with van der Waals surface area (Å²) in [5.41, 5.74) is 0. The van der Waals surface area contributed by atoms with Crippen molar-refractivity contribution in [2.24, 2.45) is 17.8 Å². The number of ether oxygens (including phenoxy) is 1. The van der Waals surface area contributed by atoms with Crippen LogP contribution in [0.1, 0.15) is 88.5 Å². The molecular formula is C29H61N3O9P2. The summed E-state index contributed by atoms with van der Waals surface area (Å²) in [6.07, 6.45) is 1.49. The molecule has 0 spiro atoms. The second kappa shape index (κ2) is 17.8. The minimum absolute atomic E-state index is 0.0321. The molecule has 1 saturated carbocycles. The van der Waals surface area contributed by atoms with Gasteiger partial charge in [-0.25, -0.2) is 9.13 Å². The van der Waals surface area contributed by atoms with Crippen LogP contribution in [-0.4, -0.2) is 96.1 Å². The van der Waals surface area contributed by atoms with Gasteiger partial charge in [-0.3, -0.25) is 23.0 Å². The van der Waals surface area contributed by atoms with Crippen LogP contribution in [0.5, 0.6) is 0 Å². The van der Waals surface area contributed by atoms with E-state index in [9.17, 15) is 18.9 Å². The number of rotatable bonds is 20. The zero-order chi connectivity index (χ0) is 32.5. The molecule has 4 N–H and O–H groups in total. The summed E-state index contributed by atoms with van der Waals surface area (Å²) in [6.45, 7) is 20.8. The Morgan fingerprint density at radius 1 is 0.744 bits per heavy atom. The number of hydrogen-bond acceptors (Lipinski definition) is 10. The topological polar surface area (TPSA) is 148 Å². The largest absolute Gasteiger partial charge is 0.472 e. The highest BCUT2D eigenvalue weighted by Gasteiger charge is 2.39. The van der Waals surface area contributed by atoms with Crippen molar-refractivity contribution in [3.8, 4) is 0 Å². The molecule has 8 atom stereocenters. The van der Waals surface area contributed by atoms with Crippen molar-refractivity contribution in [3.05, 3.63) is 0 Å². The SMILES string of the molecule is CC(C)NC1CC(COP(=O)(O)OCC(COP(=O)(O)OCC2CC(NC(C)C)CN2C(C)C)OC(C)C)C(C(C)C)C1. The highest BCUT2D eigenvalue weighted by molar-refractivity contribution is 7.47. The summed E-state index contributed by atoms with van der Waals surface area (Å²) in [5.74, 6) is 0.922. The van der Waals surface area contributed by atoms with E-state index in [-0.39, 0.29) is 56.6 Å². The Kier molecular flexibility index (Phi) is 16.3. The molecule has 43 heavy (non-hydrogen) atoms. The molecule has 8 unspecified atom stereocenters. The van der Waals surface area contributed by atoms with Crippen LogP contribution in [-0.2, 0) is 32.0 Å². The zero-order valence-corrected chi connectivity index (χ0v) is 29.9. The molecular weight excluding hydrogens is 596 g/mol. The van der Waals surface area contributed by atoms with Gasteiger partial charge in [0, 0.05) is 42.8 Å². The molecule has 0 aromatic carbocycles. The average molecular weight is 658 g/mol. The predicted molar refractivity (Wildman–Crippen MR) is 169 cm³/mol. The lowest BCUT2D eigenvalue weighted by Gasteiger charge is -2.28. The van der Waals surface area contributed by atoms with Gasteiger partial charge >= 0.3 is 15.6 Å². The van der Waals surface area contributed by atoms with E-state index >= 15 is 0 Å². The Morgan fingerprint density at radius 3 is 1.77 bits per heavy atom. The van der Waals surface area contributed by atoms with Crippen LogP contribution in [0.25, 0.3) is 0 Å². The molecule has 12 nitrogen and oxygen atoms in total. The Morgan fingerprint density at radius 2 is 1.28 bits per heavy atom. The molecule has 1 aliphatic carbocycles. The number of phosphoric ester groups is 2. The zero-order valence-electron chi connectivity index (χ0n) is 28.1. The minimum Gasteiger partial charge on any atom is -0.371 e. The standard InChI is InChI=1S/C29H61N3O9P2/c1-19(2)29-13-25(30-20(3)4)11-24(29)15-37-42(33,34)39-17-28(41-23(9)10)18-40-43(35,36)38-16-27-12-26(31-21(5)6)14-32(27)22(7)8/h19-31H,11-18H2,1-10H3,(H,33,34)(H,35,36). The van der Waals surface area contributed by atoms with Crippen LogP contribution in [0.15, 0.2) is 0 Å². The highest BCUT2D eigenvalue weighted by atomic mass is 31.2. The molecule has 2 fully saturated rings. The quantitative estimate of drug-likeness (QED) is 0.131. The second-order valence-corrected chi connectivity index (χ2v) is 16.7. The maximum absolute atomic E-state index is 12.8. The van der Waals surface area contributed by atoms with Gasteiger partial charge in [-0.1, -0.05) is 41.5 Å². The summed E-state index contributed by atoms with van der Waals surface area (Å²) >= 11 is 0. The van der Waals surface area contributed by atoms with Crippen molar-refractivity contribution in [3.63, 3.8) is 0 Å². The van der Waals surface area contributed by atoms with E-state index in [2.05, 4.69) is 70.9 Å². The van der Waals surface area contributed by atoms with Gasteiger partial charge in [0.1, 0.15) is 6.10 Å². The molecule has 0 amide bonds. The van der Waals surface area contributed by atoms with Gasteiger partial charge in [0.05, 0.1) is 32.5 Å². The fourth-order valence-corrected chi connectivity index (χ4v) is 8.01. The monoisotopic (exact) mass is 657 g/mol. The van der Waals surface area contributed by atoms with Gasteiger partial charge < -0.3 is 25.2 Å². The van der Waals surface area contributed by atoms with Crippen LogP contribution in [0, 0.1) is 17.8 Å². The number of hydrogen-bond donors (Lipinski definition) is 4. The normalized spacial score (nSPS) is 28.9. The molecule has 0 aromatic rings. The average Bonchev–Trinajstić information content (AvgIpc) is 3.46. The van der Waals surface area contributed by atoms with Gasteiger partial charge in [-0.05, 0) is 64.7 Å². The summed E-state index contributed by atoms with van der Waals surface area (Å²) in [7, 11) is -8.82. The first-order valence-corrected chi connectivity index (χ1v) is 19.0. The lowest BCUT2D eigenvalue weighted by Crippen LogP contribution is -2.40. The van der Waals surface area contributed by atoms with E-state index in [4.69, 9.17) is 22.8 Å². The van der Waals surface area contributed by atoms with E-state index in [1.165, 1.54) is 0 Å².